The first-order chi connectivity index (χ1) is 16.4. The van der Waals surface area contributed by atoms with Crippen molar-refractivity contribution < 1.29 is 19.0 Å². The van der Waals surface area contributed by atoms with Crippen LogP contribution in [0.2, 0.25) is 0 Å². The first-order valence-electron chi connectivity index (χ1n) is 11.2. The molecule has 8 nitrogen and oxygen atoms in total. The predicted molar refractivity (Wildman–Crippen MR) is 128 cm³/mol. The van der Waals surface area contributed by atoms with E-state index in [0.717, 1.165) is 22.4 Å². The summed E-state index contributed by atoms with van der Waals surface area (Å²) in [6.45, 7) is 4.17. The van der Waals surface area contributed by atoms with Crippen molar-refractivity contribution in [3.8, 4) is 17.2 Å². The van der Waals surface area contributed by atoms with Gasteiger partial charge in [-0.3, -0.25) is 4.79 Å². The molecule has 0 saturated heterocycles. The molecule has 0 spiro atoms. The molecule has 0 radical (unpaired) electrons. The summed E-state index contributed by atoms with van der Waals surface area (Å²) >= 11 is 0. The predicted octanol–water partition coefficient (Wildman–Crippen LogP) is 4.34. The molecule has 3 aromatic rings. The van der Waals surface area contributed by atoms with Gasteiger partial charge < -0.3 is 19.5 Å². The molecule has 2 heterocycles. The zero-order valence-electron chi connectivity index (χ0n) is 20.0. The number of hydrogen-bond donors (Lipinski definition) is 1. The Morgan fingerprint density at radius 3 is 2.32 bits per heavy atom. The van der Waals surface area contributed by atoms with Gasteiger partial charge in [-0.2, -0.15) is 10.1 Å². The van der Waals surface area contributed by atoms with Crippen molar-refractivity contribution in [2.24, 2.45) is 0 Å². The van der Waals surface area contributed by atoms with E-state index in [1.54, 1.807) is 26.0 Å². The topological polar surface area (TPSA) is 87.5 Å². The van der Waals surface area contributed by atoms with Gasteiger partial charge in [-0.25, -0.2) is 4.68 Å². The minimum atomic E-state index is -0.304. The molecule has 0 bridgehead atoms. The second kappa shape index (κ2) is 8.52. The number of methoxy groups -OCH3 is 3. The van der Waals surface area contributed by atoms with Crippen molar-refractivity contribution in [3.63, 3.8) is 0 Å². The number of ether oxygens (including phenoxy) is 3. The fraction of sp³-hybridized carbons (Fsp3) is 0.346. The highest BCUT2D eigenvalue weighted by atomic mass is 16.5. The lowest BCUT2D eigenvalue weighted by molar-refractivity contribution is -0.116. The normalized spacial score (nSPS) is 19.3. The third-order valence-electron chi connectivity index (χ3n) is 6.87. The number of ketones is 1. The number of carbonyl (C=O) groups excluding carboxylic acids is 1. The number of Topliss-reactive ketones (excluding diaryl/α,β-unsaturated/α-hetero) is 1. The molecule has 2 atom stereocenters. The van der Waals surface area contributed by atoms with E-state index < -0.39 is 0 Å². The number of nitrogens with one attached hydrogen (secondary N) is 1. The van der Waals surface area contributed by atoms with Crippen LogP contribution in [-0.4, -0.2) is 41.9 Å². The lowest BCUT2D eigenvalue weighted by atomic mass is 9.77. The van der Waals surface area contributed by atoms with Crippen LogP contribution >= 0.6 is 0 Å². The van der Waals surface area contributed by atoms with E-state index in [2.05, 4.69) is 47.4 Å². The lowest BCUT2D eigenvalue weighted by Gasteiger charge is -2.35. The van der Waals surface area contributed by atoms with Crippen LogP contribution in [0.25, 0.3) is 0 Å². The van der Waals surface area contributed by atoms with Crippen LogP contribution in [0.5, 0.6) is 17.2 Å². The van der Waals surface area contributed by atoms with Gasteiger partial charge in [0.05, 0.1) is 21.3 Å². The van der Waals surface area contributed by atoms with Crippen LogP contribution in [0.15, 0.2) is 47.9 Å². The van der Waals surface area contributed by atoms with Gasteiger partial charge in [0, 0.05) is 17.7 Å². The van der Waals surface area contributed by atoms with Gasteiger partial charge in [0.15, 0.2) is 17.3 Å². The average Bonchev–Trinajstić information content (AvgIpc) is 3.31. The van der Waals surface area contributed by atoms with E-state index in [-0.39, 0.29) is 17.7 Å². The Morgan fingerprint density at radius 1 is 0.941 bits per heavy atom. The van der Waals surface area contributed by atoms with E-state index in [1.165, 1.54) is 17.5 Å². The monoisotopic (exact) mass is 460 g/mol. The average molecular weight is 461 g/mol. The maximum absolute atomic E-state index is 13.7. The summed E-state index contributed by atoms with van der Waals surface area (Å²) in [5.41, 5.74) is 6.03. The maximum atomic E-state index is 13.7. The summed E-state index contributed by atoms with van der Waals surface area (Å²) in [5, 5.41) is 7.82. The van der Waals surface area contributed by atoms with Crippen LogP contribution in [0, 0.1) is 13.8 Å². The van der Waals surface area contributed by atoms with Crippen LogP contribution in [-0.2, 0) is 4.79 Å². The fourth-order valence-electron chi connectivity index (χ4n) is 4.97. The zero-order valence-corrected chi connectivity index (χ0v) is 20.0. The number of rotatable bonds is 5. The third-order valence-corrected chi connectivity index (χ3v) is 6.87. The summed E-state index contributed by atoms with van der Waals surface area (Å²) in [7, 11) is 4.77. The second-order valence-electron chi connectivity index (χ2n) is 8.78. The number of aryl methyl sites for hydroxylation is 2. The molecule has 34 heavy (non-hydrogen) atoms. The number of allylic oxidation sites excluding steroid dienone is 2. The molecule has 0 amide bonds. The number of fused-ring (bicyclic) bond motifs is 1. The van der Waals surface area contributed by atoms with Gasteiger partial charge in [0.1, 0.15) is 12.4 Å². The number of aromatic nitrogens is 3. The Labute approximate surface area is 198 Å². The van der Waals surface area contributed by atoms with Crippen LogP contribution in [0.1, 0.15) is 47.1 Å². The summed E-state index contributed by atoms with van der Waals surface area (Å²) in [6, 6.07) is 9.86. The first kappa shape index (κ1) is 22.0. The van der Waals surface area contributed by atoms with Crippen molar-refractivity contribution in [1.82, 2.24) is 14.8 Å². The molecule has 176 valence electrons. The van der Waals surface area contributed by atoms with Crippen LogP contribution in [0.3, 0.4) is 0 Å². The molecule has 0 saturated carbocycles. The summed E-state index contributed by atoms with van der Waals surface area (Å²) in [5.74, 6) is 2.39. The van der Waals surface area contributed by atoms with Crippen molar-refractivity contribution >= 4 is 11.7 Å². The van der Waals surface area contributed by atoms with E-state index in [1.807, 2.05) is 12.1 Å². The van der Waals surface area contributed by atoms with Gasteiger partial charge in [-0.1, -0.05) is 18.2 Å². The van der Waals surface area contributed by atoms with Crippen LogP contribution < -0.4 is 19.5 Å². The lowest BCUT2D eigenvalue weighted by Crippen LogP contribution is -2.33. The zero-order chi connectivity index (χ0) is 24.0. The minimum Gasteiger partial charge on any atom is -0.493 e. The Kier molecular flexibility index (Phi) is 5.51. The van der Waals surface area contributed by atoms with E-state index in [0.29, 0.717) is 36.0 Å². The summed E-state index contributed by atoms with van der Waals surface area (Å²) in [4.78, 5) is 18.1. The Hall–Kier alpha value is -3.81. The molecule has 2 aromatic carbocycles. The Morgan fingerprint density at radius 2 is 1.68 bits per heavy atom. The Balaban J connectivity index is 1.58. The Bertz CT molecular complexity index is 1280. The number of benzene rings is 2. The van der Waals surface area contributed by atoms with Gasteiger partial charge in [0.25, 0.3) is 0 Å². The number of carbonyl (C=O) groups is 1. The highest BCUT2D eigenvalue weighted by Crippen LogP contribution is 2.47. The van der Waals surface area contributed by atoms with Gasteiger partial charge >= 0.3 is 0 Å². The number of nitrogens with zero attached hydrogens (tertiary/aromatic N) is 3. The largest absolute Gasteiger partial charge is 0.493 e. The number of hydrogen-bond acceptors (Lipinski definition) is 7. The molecule has 8 heteroatoms. The summed E-state index contributed by atoms with van der Waals surface area (Å²) in [6.07, 6.45) is 2.56. The fourth-order valence-corrected chi connectivity index (χ4v) is 4.97. The van der Waals surface area contributed by atoms with E-state index in [9.17, 15) is 4.79 Å². The van der Waals surface area contributed by atoms with Crippen molar-refractivity contribution in [3.05, 3.63) is 70.2 Å². The van der Waals surface area contributed by atoms with Crippen molar-refractivity contribution in [2.45, 2.75) is 38.6 Å². The molecule has 5 rings (SSSR count). The smallest absolute Gasteiger partial charge is 0.226 e. The third kappa shape index (κ3) is 3.50. The minimum absolute atomic E-state index is 0.0395. The molecule has 0 unspecified atom stereocenters. The summed E-state index contributed by atoms with van der Waals surface area (Å²) < 4.78 is 18.3. The highest BCUT2D eigenvalue weighted by molar-refractivity contribution is 6.00. The standard InChI is InChI=1S/C26H28N4O4/c1-14-6-7-16(8-15(14)2)24-23-19(29-26-27-13-28-30(24)26)9-17(10-20(23)31)18-11-21(32-3)25(34-5)22(12-18)33-4/h6-8,11-13,17,24H,9-10H2,1-5H3,(H,27,28,29)/t17-,24-/m1/s1. The molecular weight excluding hydrogens is 432 g/mol. The van der Waals surface area contributed by atoms with E-state index in [4.69, 9.17) is 14.2 Å². The van der Waals surface area contributed by atoms with Crippen LogP contribution in [0.4, 0.5) is 5.95 Å². The second-order valence-corrected chi connectivity index (χ2v) is 8.78. The maximum Gasteiger partial charge on any atom is 0.226 e. The van der Waals surface area contributed by atoms with Crippen molar-refractivity contribution in [2.75, 3.05) is 26.6 Å². The quantitative estimate of drug-likeness (QED) is 0.606. The van der Waals surface area contributed by atoms with Gasteiger partial charge in [-0.05, 0) is 60.6 Å². The molecular formula is C26H28N4O4. The molecule has 1 aromatic heterocycles. The molecule has 0 fully saturated rings. The molecule has 1 N–H and O–H groups in total. The molecule has 1 aliphatic carbocycles. The molecule has 2 aliphatic rings. The number of anilines is 1. The highest BCUT2D eigenvalue weighted by Gasteiger charge is 2.39. The first-order valence-corrected chi connectivity index (χ1v) is 11.2. The molecule has 1 aliphatic heterocycles. The van der Waals surface area contributed by atoms with Crippen molar-refractivity contribution in [1.29, 1.82) is 0 Å². The van der Waals surface area contributed by atoms with Gasteiger partial charge in [-0.15, -0.1) is 0 Å². The SMILES string of the molecule is COc1cc([C@H]2CC(=O)C3=C(C2)Nc2ncnn2[C@@H]3c2ccc(C)c(C)c2)cc(OC)c1OC. The van der Waals surface area contributed by atoms with E-state index >= 15 is 0 Å². The van der Waals surface area contributed by atoms with Gasteiger partial charge in [0.2, 0.25) is 11.7 Å².